The molecule has 11 rings (SSSR count). The predicted octanol–water partition coefficient (Wildman–Crippen LogP) is 12.9. The summed E-state index contributed by atoms with van der Waals surface area (Å²) in [6.07, 6.45) is 0. The van der Waals surface area contributed by atoms with Crippen molar-refractivity contribution in [2.75, 3.05) is 4.90 Å². The third-order valence-corrected chi connectivity index (χ3v) is 17.0. The van der Waals surface area contributed by atoms with Gasteiger partial charge in [0.2, 0.25) is 0 Å². The number of fused-ring (bicyclic) bond motifs is 5. The first kappa shape index (κ1) is 36.4. The number of benzene rings is 10. The molecule has 1 aromatic heterocycles. The largest absolute Gasteiger partial charge is 0.455 e. The summed E-state index contributed by atoms with van der Waals surface area (Å²) in [5.74, 6) is 0. The predicted molar refractivity (Wildman–Crippen MR) is 260 cm³/mol. The van der Waals surface area contributed by atoms with E-state index in [4.69, 9.17) is 4.42 Å². The first-order chi connectivity index (χ1) is 30.2. The van der Waals surface area contributed by atoms with Crippen LogP contribution in [0.2, 0.25) is 0 Å². The van der Waals surface area contributed by atoms with Crippen LogP contribution in [0.3, 0.4) is 0 Å². The highest BCUT2D eigenvalue weighted by atomic mass is 28.3. The Balaban J connectivity index is 1.09. The van der Waals surface area contributed by atoms with Crippen LogP contribution in [0, 0.1) is 0 Å². The Bertz CT molecular complexity index is 3170. The SMILES string of the molecule is c1ccc(-c2ccc(-c3ccc(N(c4cccc([Si](c5ccccc5)(c5ccccc5)c5ccccc5)c4)c4ccc5oc6c7ccccc7ccc6c5c4)cc3)cc2)cc1. The summed E-state index contributed by atoms with van der Waals surface area (Å²) in [5, 5.41) is 9.85. The van der Waals surface area contributed by atoms with Crippen LogP contribution in [0.4, 0.5) is 17.1 Å². The summed E-state index contributed by atoms with van der Waals surface area (Å²) in [6.45, 7) is 0. The zero-order valence-corrected chi connectivity index (χ0v) is 34.5. The summed E-state index contributed by atoms with van der Waals surface area (Å²) >= 11 is 0. The molecule has 0 saturated heterocycles. The van der Waals surface area contributed by atoms with Crippen molar-refractivity contribution < 1.29 is 4.42 Å². The summed E-state index contributed by atoms with van der Waals surface area (Å²) in [6, 6.07) is 90.6. The Morgan fingerprint density at radius 1 is 0.295 bits per heavy atom. The fourth-order valence-corrected chi connectivity index (χ4v) is 14.1. The fourth-order valence-electron chi connectivity index (χ4n) is 9.31. The van der Waals surface area contributed by atoms with Gasteiger partial charge in [-0.05, 0) is 96.9 Å². The molecular formula is C58H41NOSi. The standard InChI is InChI=1S/C58H41NOSi/c1-5-16-42(17-6-1)43-28-30-44(31-29-43)45-32-35-47(36-33-45)59(49-37-39-57-56(41-49)55-38-34-46-18-13-14-27-54(46)58(55)60-57)48-19-15-26-53(40-48)61(50-20-7-2-8-21-50,51-22-9-3-10-23-51)52-24-11-4-12-25-52/h1-41H. The topological polar surface area (TPSA) is 16.4 Å². The van der Waals surface area contributed by atoms with Crippen LogP contribution in [0.1, 0.15) is 0 Å². The van der Waals surface area contributed by atoms with Crippen LogP contribution < -0.4 is 25.6 Å². The van der Waals surface area contributed by atoms with Crippen molar-refractivity contribution in [1.29, 1.82) is 0 Å². The molecule has 0 bridgehead atoms. The number of nitrogens with zero attached hydrogens (tertiary/aromatic N) is 1. The Morgan fingerprint density at radius 2 is 0.770 bits per heavy atom. The molecule has 0 radical (unpaired) electrons. The Labute approximate surface area is 357 Å². The fraction of sp³-hybridized carbons (Fsp3) is 0. The van der Waals surface area contributed by atoms with Gasteiger partial charge < -0.3 is 9.32 Å². The molecule has 0 aliphatic heterocycles. The minimum atomic E-state index is -2.80. The molecule has 0 amide bonds. The lowest BCUT2D eigenvalue weighted by Gasteiger charge is -2.35. The van der Waals surface area contributed by atoms with Crippen LogP contribution in [0.15, 0.2) is 253 Å². The van der Waals surface area contributed by atoms with Crippen molar-refractivity contribution in [2.45, 2.75) is 0 Å². The maximum absolute atomic E-state index is 6.61. The molecule has 0 spiro atoms. The van der Waals surface area contributed by atoms with Gasteiger partial charge in [0.25, 0.3) is 0 Å². The van der Waals surface area contributed by atoms with Gasteiger partial charge >= 0.3 is 0 Å². The van der Waals surface area contributed by atoms with Crippen molar-refractivity contribution in [2.24, 2.45) is 0 Å². The highest BCUT2D eigenvalue weighted by molar-refractivity contribution is 7.19. The molecule has 0 aliphatic rings. The molecular weight excluding hydrogens is 755 g/mol. The van der Waals surface area contributed by atoms with Crippen LogP contribution in [0.5, 0.6) is 0 Å². The number of furan rings is 1. The molecule has 288 valence electrons. The van der Waals surface area contributed by atoms with E-state index in [9.17, 15) is 0 Å². The van der Waals surface area contributed by atoms with E-state index in [0.717, 1.165) is 44.4 Å². The Hall–Kier alpha value is -7.72. The lowest BCUT2D eigenvalue weighted by molar-refractivity contribution is 0.672. The van der Waals surface area contributed by atoms with E-state index in [1.54, 1.807) is 0 Å². The molecule has 0 saturated carbocycles. The molecule has 2 nitrogen and oxygen atoms in total. The second-order valence-electron chi connectivity index (χ2n) is 15.7. The minimum absolute atomic E-state index is 0.877. The molecule has 10 aromatic carbocycles. The van der Waals surface area contributed by atoms with Gasteiger partial charge in [0.15, 0.2) is 8.07 Å². The van der Waals surface area contributed by atoms with Gasteiger partial charge in [-0.2, -0.15) is 0 Å². The van der Waals surface area contributed by atoms with Crippen molar-refractivity contribution >= 4 is 78.6 Å². The Kier molecular flexibility index (Phi) is 9.22. The van der Waals surface area contributed by atoms with E-state index in [0.29, 0.717) is 0 Å². The number of hydrogen-bond donors (Lipinski definition) is 0. The first-order valence-corrected chi connectivity index (χ1v) is 22.9. The van der Waals surface area contributed by atoms with E-state index in [2.05, 4.69) is 254 Å². The smallest absolute Gasteiger partial charge is 0.179 e. The second kappa shape index (κ2) is 15.5. The molecule has 0 fully saturated rings. The van der Waals surface area contributed by atoms with Crippen LogP contribution >= 0.6 is 0 Å². The maximum atomic E-state index is 6.61. The average Bonchev–Trinajstić information content (AvgIpc) is 3.72. The molecule has 0 unspecified atom stereocenters. The van der Waals surface area contributed by atoms with Gasteiger partial charge in [-0.25, -0.2) is 0 Å². The summed E-state index contributed by atoms with van der Waals surface area (Å²) < 4.78 is 6.61. The van der Waals surface area contributed by atoms with E-state index in [1.165, 1.54) is 48.4 Å². The van der Waals surface area contributed by atoms with E-state index in [1.807, 2.05) is 0 Å². The van der Waals surface area contributed by atoms with Gasteiger partial charge in [-0.3, -0.25) is 0 Å². The van der Waals surface area contributed by atoms with E-state index >= 15 is 0 Å². The van der Waals surface area contributed by atoms with Gasteiger partial charge in [0.05, 0.1) is 0 Å². The number of anilines is 3. The highest BCUT2D eigenvalue weighted by Gasteiger charge is 2.41. The Morgan fingerprint density at radius 3 is 1.38 bits per heavy atom. The summed E-state index contributed by atoms with van der Waals surface area (Å²) in [7, 11) is -2.80. The molecule has 0 aliphatic carbocycles. The van der Waals surface area contributed by atoms with E-state index < -0.39 is 8.07 Å². The molecule has 0 atom stereocenters. The van der Waals surface area contributed by atoms with E-state index in [-0.39, 0.29) is 0 Å². The second-order valence-corrected chi connectivity index (χ2v) is 19.5. The maximum Gasteiger partial charge on any atom is 0.179 e. The van der Waals surface area contributed by atoms with Gasteiger partial charge in [0.1, 0.15) is 11.2 Å². The van der Waals surface area contributed by atoms with Crippen LogP contribution in [0.25, 0.3) is 55.0 Å². The third-order valence-electron chi connectivity index (χ3n) is 12.2. The molecule has 1 heterocycles. The molecule has 3 heteroatoms. The number of rotatable bonds is 9. The molecule has 61 heavy (non-hydrogen) atoms. The number of hydrogen-bond acceptors (Lipinski definition) is 2. The lowest BCUT2D eigenvalue weighted by atomic mass is 10.00. The van der Waals surface area contributed by atoms with Crippen LogP contribution in [-0.4, -0.2) is 8.07 Å². The van der Waals surface area contributed by atoms with Crippen molar-refractivity contribution in [3.63, 3.8) is 0 Å². The van der Waals surface area contributed by atoms with Crippen molar-refractivity contribution in [1.82, 2.24) is 0 Å². The van der Waals surface area contributed by atoms with Crippen molar-refractivity contribution in [3.05, 3.63) is 249 Å². The summed E-state index contributed by atoms with van der Waals surface area (Å²) in [4.78, 5) is 2.41. The molecule has 11 aromatic rings. The van der Waals surface area contributed by atoms with Gasteiger partial charge in [-0.1, -0.05) is 200 Å². The summed E-state index contributed by atoms with van der Waals surface area (Å²) in [5.41, 5.74) is 9.81. The van der Waals surface area contributed by atoms with Crippen molar-refractivity contribution in [3.8, 4) is 22.3 Å². The quantitative estimate of drug-likeness (QED) is 0.107. The van der Waals surface area contributed by atoms with Crippen LogP contribution in [-0.2, 0) is 0 Å². The zero-order valence-electron chi connectivity index (χ0n) is 33.5. The zero-order chi connectivity index (χ0) is 40.6. The minimum Gasteiger partial charge on any atom is -0.455 e. The average molecular weight is 796 g/mol. The lowest BCUT2D eigenvalue weighted by Crippen LogP contribution is -2.74. The highest BCUT2D eigenvalue weighted by Crippen LogP contribution is 2.41. The normalized spacial score (nSPS) is 11.6. The van der Waals surface area contributed by atoms with Gasteiger partial charge in [-0.15, -0.1) is 0 Å². The monoisotopic (exact) mass is 795 g/mol. The van der Waals surface area contributed by atoms with Gasteiger partial charge in [0, 0.05) is 33.2 Å². The molecule has 0 N–H and O–H groups in total. The third kappa shape index (κ3) is 6.44. The first-order valence-electron chi connectivity index (χ1n) is 20.9.